The van der Waals surface area contributed by atoms with Crippen LogP contribution in [0.1, 0.15) is 45.6 Å². The van der Waals surface area contributed by atoms with Crippen molar-refractivity contribution in [2.24, 2.45) is 0 Å². The number of amides is 1. The first-order valence-corrected chi connectivity index (χ1v) is 10.8. The summed E-state index contributed by atoms with van der Waals surface area (Å²) in [6.45, 7) is 10.8. The number of carbonyl (C=O) groups is 1. The third-order valence-electron chi connectivity index (χ3n) is 5.02. The molecule has 0 radical (unpaired) electrons. The molecular formula is C21H32ClN3O2S. The quantitative estimate of drug-likeness (QED) is 0.515. The Kier molecular flexibility index (Phi) is 8.99. The van der Waals surface area contributed by atoms with E-state index >= 15 is 0 Å². The molecule has 1 aliphatic heterocycles. The van der Waals surface area contributed by atoms with Crippen molar-refractivity contribution < 1.29 is 9.53 Å². The number of likely N-dealkylation sites (tertiary alicyclic amines) is 1. The Labute approximate surface area is 179 Å². The van der Waals surface area contributed by atoms with Crippen LogP contribution in [0.15, 0.2) is 18.2 Å². The van der Waals surface area contributed by atoms with Gasteiger partial charge in [0.1, 0.15) is 0 Å². The SMILES string of the molecule is CC(=O)N1CCC(N(CCCOC(C)C)C(=S)Nc2ccc(Cl)c(C)c2)CC1. The highest BCUT2D eigenvalue weighted by Gasteiger charge is 2.27. The number of piperidine rings is 1. The van der Waals surface area contributed by atoms with Gasteiger partial charge in [-0.05, 0) is 76.0 Å². The zero-order valence-corrected chi connectivity index (χ0v) is 18.9. The molecule has 28 heavy (non-hydrogen) atoms. The summed E-state index contributed by atoms with van der Waals surface area (Å²) >= 11 is 11.9. The van der Waals surface area contributed by atoms with Crippen molar-refractivity contribution >= 4 is 40.5 Å². The third kappa shape index (κ3) is 6.90. The van der Waals surface area contributed by atoms with E-state index in [0.717, 1.165) is 55.2 Å². The van der Waals surface area contributed by atoms with Gasteiger partial charge >= 0.3 is 0 Å². The maximum absolute atomic E-state index is 11.6. The lowest BCUT2D eigenvalue weighted by Gasteiger charge is -2.39. The summed E-state index contributed by atoms with van der Waals surface area (Å²) in [5.41, 5.74) is 1.96. The minimum atomic E-state index is 0.146. The molecule has 1 fully saturated rings. The maximum Gasteiger partial charge on any atom is 0.219 e. The molecule has 0 saturated carbocycles. The maximum atomic E-state index is 11.6. The van der Waals surface area contributed by atoms with Crippen LogP contribution in [0.4, 0.5) is 5.69 Å². The number of ether oxygens (including phenoxy) is 1. The number of carbonyl (C=O) groups excluding carboxylic acids is 1. The number of thiocarbonyl (C=S) groups is 1. The molecule has 0 spiro atoms. The van der Waals surface area contributed by atoms with Crippen LogP contribution in [0.25, 0.3) is 0 Å². The Bertz CT molecular complexity index is 676. The van der Waals surface area contributed by atoms with E-state index in [-0.39, 0.29) is 12.0 Å². The number of hydrogen-bond donors (Lipinski definition) is 1. The minimum absolute atomic E-state index is 0.146. The predicted molar refractivity (Wildman–Crippen MR) is 120 cm³/mol. The largest absolute Gasteiger partial charge is 0.379 e. The number of nitrogens with zero attached hydrogens (tertiary/aromatic N) is 2. The van der Waals surface area contributed by atoms with Crippen LogP contribution in [-0.2, 0) is 9.53 Å². The standard InChI is InChI=1S/C21H32ClN3O2S/c1-15(2)27-13-5-10-25(19-8-11-24(12-9-19)17(4)26)21(28)23-18-6-7-20(22)16(3)14-18/h6-7,14-15,19H,5,8-13H2,1-4H3,(H,23,28). The van der Waals surface area contributed by atoms with Crippen LogP contribution in [-0.4, -0.2) is 59.2 Å². The van der Waals surface area contributed by atoms with E-state index in [2.05, 4.69) is 10.2 Å². The average molecular weight is 426 g/mol. The van der Waals surface area contributed by atoms with E-state index in [0.29, 0.717) is 17.8 Å². The lowest BCUT2D eigenvalue weighted by molar-refractivity contribution is -0.130. The molecule has 0 aliphatic carbocycles. The van der Waals surface area contributed by atoms with Crippen molar-refractivity contribution in [3.05, 3.63) is 28.8 Å². The number of aryl methyl sites for hydroxylation is 1. The van der Waals surface area contributed by atoms with Crippen molar-refractivity contribution in [3.63, 3.8) is 0 Å². The van der Waals surface area contributed by atoms with Crippen LogP contribution in [0.5, 0.6) is 0 Å². The van der Waals surface area contributed by atoms with Gasteiger partial charge in [-0.1, -0.05) is 11.6 Å². The Hall–Kier alpha value is -1.37. The van der Waals surface area contributed by atoms with E-state index in [1.165, 1.54) is 0 Å². The molecule has 156 valence electrons. The number of benzene rings is 1. The molecule has 0 atom stereocenters. The van der Waals surface area contributed by atoms with Crippen molar-refractivity contribution in [1.82, 2.24) is 9.80 Å². The molecular weight excluding hydrogens is 394 g/mol. The summed E-state index contributed by atoms with van der Waals surface area (Å²) in [5.74, 6) is 0.146. The Morgan fingerprint density at radius 3 is 2.64 bits per heavy atom. The molecule has 1 heterocycles. The van der Waals surface area contributed by atoms with Crippen molar-refractivity contribution in [2.45, 2.75) is 59.1 Å². The first-order chi connectivity index (χ1) is 13.3. The molecule has 0 bridgehead atoms. The van der Waals surface area contributed by atoms with Gasteiger partial charge in [-0.25, -0.2) is 0 Å². The fraction of sp³-hybridized carbons (Fsp3) is 0.619. The van der Waals surface area contributed by atoms with E-state index in [1.54, 1.807) is 6.92 Å². The van der Waals surface area contributed by atoms with Crippen LogP contribution in [0.3, 0.4) is 0 Å². The molecule has 0 unspecified atom stereocenters. The van der Waals surface area contributed by atoms with Gasteiger partial charge in [0, 0.05) is 49.9 Å². The summed E-state index contributed by atoms with van der Waals surface area (Å²) in [6, 6.07) is 6.16. The molecule has 1 aromatic rings. The predicted octanol–water partition coefficient (Wildman–Crippen LogP) is 4.47. The topological polar surface area (TPSA) is 44.8 Å². The van der Waals surface area contributed by atoms with Gasteiger partial charge in [0.15, 0.2) is 5.11 Å². The van der Waals surface area contributed by atoms with E-state index in [1.807, 2.05) is 43.9 Å². The Morgan fingerprint density at radius 2 is 2.07 bits per heavy atom. The fourth-order valence-corrected chi connectivity index (χ4v) is 3.89. The minimum Gasteiger partial charge on any atom is -0.379 e. The summed E-state index contributed by atoms with van der Waals surface area (Å²) in [4.78, 5) is 15.8. The van der Waals surface area contributed by atoms with Crippen LogP contribution < -0.4 is 5.32 Å². The Morgan fingerprint density at radius 1 is 1.39 bits per heavy atom. The number of nitrogens with one attached hydrogen (secondary N) is 1. The average Bonchev–Trinajstić information content (AvgIpc) is 2.64. The zero-order valence-electron chi connectivity index (χ0n) is 17.3. The van der Waals surface area contributed by atoms with E-state index < -0.39 is 0 Å². The van der Waals surface area contributed by atoms with Crippen molar-refractivity contribution in [3.8, 4) is 0 Å². The molecule has 1 saturated heterocycles. The molecule has 1 N–H and O–H groups in total. The highest BCUT2D eigenvalue weighted by atomic mass is 35.5. The lowest BCUT2D eigenvalue weighted by Crippen LogP contribution is -2.50. The lowest BCUT2D eigenvalue weighted by atomic mass is 10.0. The van der Waals surface area contributed by atoms with Crippen molar-refractivity contribution in [2.75, 3.05) is 31.6 Å². The van der Waals surface area contributed by atoms with Gasteiger partial charge in [-0.15, -0.1) is 0 Å². The first-order valence-electron chi connectivity index (χ1n) is 9.98. The highest BCUT2D eigenvalue weighted by molar-refractivity contribution is 7.80. The van der Waals surface area contributed by atoms with Gasteiger partial charge in [-0.2, -0.15) is 0 Å². The third-order valence-corrected chi connectivity index (χ3v) is 5.78. The van der Waals surface area contributed by atoms with Crippen LogP contribution in [0, 0.1) is 6.92 Å². The van der Waals surface area contributed by atoms with Crippen molar-refractivity contribution in [1.29, 1.82) is 0 Å². The van der Waals surface area contributed by atoms with Crippen LogP contribution >= 0.6 is 23.8 Å². The number of hydrogen-bond acceptors (Lipinski definition) is 3. The molecule has 7 heteroatoms. The fourth-order valence-electron chi connectivity index (χ4n) is 3.41. The number of rotatable bonds is 7. The zero-order chi connectivity index (χ0) is 20.7. The van der Waals surface area contributed by atoms with E-state index in [4.69, 9.17) is 28.6 Å². The van der Waals surface area contributed by atoms with Gasteiger partial charge in [0.05, 0.1) is 6.10 Å². The van der Waals surface area contributed by atoms with Gasteiger partial charge in [-0.3, -0.25) is 4.79 Å². The summed E-state index contributed by atoms with van der Waals surface area (Å²) in [6.07, 6.45) is 2.99. The molecule has 5 nitrogen and oxygen atoms in total. The molecule has 1 aliphatic rings. The normalized spacial score (nSPS) is 15.0. The van der Waals surface area contributed by atoms with Gasteiger partial charge in [0.2, 0.25) is 5.91 Å². The number of anilines is 1. The smallest absolute Gasteiger partial charge is 0.219 e. The van der Waals surface area contributed by atoms with E-state index in [9.17, 15) is 4.79 Å². The Balaban J connectivity index is 2.02. The summed E-state index contributed by atoms with van der Waals surface area (Å²) < 4.78 is 5.70. The van der Waals surface area contributed by atoms with Gasteiger partial charge in [0.25, 0.3) is 0 Å². The van der Waals surface area contributed by atoms with Gasteiger partial charge < -0.3 is 19.9 Å². The second-order valence-corrected chi connectivity index (χ2v) is 8.39. The first kappa shape index (κ1) is 22.9. The molecule has 1 amide bonds. The summed E-state index contributed by atoms with van der Waals surface area (Å²) in [5, 5.41) is 4.83. The second kappa shape index (κ2) is 11.0. The highest BCUT2D eigenvalue weighted by Crippen LogP contribution is 2.22. The summed E-state index contributed by atoms with van der Waals surface area (Å²) in [7, 11) is 0. The number of halogens is 1. The molecule has 0 aromatic heterocycles. The monoisotopic (exact) mass is 425 g/mol. The second-order valence-electron chi connectivity index (χ2n) is 7.60. The van der Waals surface area contributed by atoms with Crippen LogP contribution in [0.2, 0.25) is 5.02 Å². The molecule has 1 aromatic carbocycles. The molecule has 2 rings (SSSR count).